The highest BCUT2D eigenvalue weighted by molar-refractivity contribution is 5.69. The molecular formula is C23H38O7. The zero-order valence-corrected chi connectivity index (χ0v) is 18.6. The number of carbonyl (C=O) groups excluding carboxylic acids is 3. The van der Waals surface area contributed by atoms with Crippen LogP contribution in [0.25, 0.3) is 0 Å². The summed E-state index contributed by atoms with van der Waals surface area (Å²) in [5, 5.41) is 0. The molecule has 4 unspecified atom stereocenters. The van der Waals surface area contributed by atoms with E-state index in [1.54, 1.807) is 0 Å². The van der Waals surface area contributed by atoms with Crippen LogP contribution in [-0.4, -0.2) is 49.9 Å². The van der Waals surface area contributed by atoms with Gasteiger partial charge in [0.25, 0.3) is 0 Å². The van der Waals surface area contributed by atoms with Crippen molar-refractivity contribution < 1.29 is 33.3 Å². The first-order chi connectivity index (χ1) is 14.5. The second kappa shape index (κ2) is 13.1. The van der Waals surface area contributed by atoms with Gasteiger partial charge in [-0.15, -0.1) is 0 Å². The van der Waals surface area contributed by atoms with Gasteiger partial charge in [-0.3, -0.25) is 9.59 Å². The molecule has 1 aliphatic heterocycles. The molecule has 0 N–H and O–H groups in total. The first-order valence-electron chi connectivity index (χ1n) is 11.4. The topological polar surface area (TPSA) is 88.1 Å². The lowest BCUT2D eigenvalue weighted by molar-refractivity contribution is -0.197. The molecule has 7 heteroatoms. The summed E-state index contributed by atoms with van der Waals surface area (Å²) < 4.78 is 22.6. The van der Waals surface area contributed by atoms with Crippen molar-refractivity contribution in [1.29, 1.82) is 0 Å². The molecule has 2 rings (SSSR count). The second-order valence-electron chi connectivity index (χ2n) is 8.65. The number of ether oxygens (including phenoxy) is 4. The molecule has 1 heterocycles. The Morgan fingerprint density at radius 3 is 2.60 bits per heavy atom. The highest BCUT2D eigenvalue weighted by Gasteiger charge is 2.48. The predicted molar refractivity (Wildman–Crippen MR) is 111 cm³/mol. The van der Waals surface area contributed by atoms with E-state index in [1.165, 1.54) is 14.0 Å². The second-order valence-corrected chi connectivity index (χ2v) is 8.65. The van der Waals surface area contributed by atoms with Crippen molar-refractivity contribution in [3.8, 4) is 0 Å². The largest absolute Gasteiger partial charge is 0.469 e. The molecule has 2 aliphatic rings. The van der Waals surface area contributed by atoms with E-state index < -0.39 is 5.60 Å². The monoisotopic (exact) mass is 426 g/mol. The number of methoxy groups -OCH3 is 1. The Labute approximate surface area is 180 Å². The SMILES string of the molecule is COC(=O)CCCCCCC1(OC(C)=O)CC(CCC=O)C(OC2CCCCO2)C1. The minimum atomic E-state index is -0.541. The van der Waals surface area contributed by atoms with Crippen molar-refractivity contribution in [2.75, 3.05) is 13.7 Å². The number of unbranched alkanes of at least 4 members (excludes halogenated alkanes) is 3. The molecule has 0 spiro atoms. The fourth-order valence-electron chi connectivity index (χ4n) is 4.78. The van der Waals surface area contributed by atoms with Crippen LogP contribution in [0.1, 0.15) is 90.4 Å². The van der Waals surface area contributed by atoms with Crippen LogP contribution in [-0.2, 0) is 33.3 Å². The first kappa shape index (κ1) is 24.8. The highest BCUT2D eigenvalue weighted by Crippen LogP contribution is 2.45. The third-order valence-electron chi connectivity index (χ3n) is 6.20. The quantitative estimate of drug-likeness (QED) is 0.249. The van der Waals surface area contributed by atoms with E-state index in [4.69, 9.17) is 14.2 Å². The molecule has 7 nitrogen and oxygen atoms in total. The number of rotatable bonds is 13. The maximum atomic E-state index is 11.9. The summed E-state index contributed by atoms with van der Waals surface area (Å²) in [4.78, 5) is 34.0. The van der Waals surface area contributed by atoms with Crippen molar-refractivity contribution in [3.63, 3.8) is 0 Å². The zero-order chi connectivity index (χ0) is 21.8. The van der Waals surface area contributed by atoms with Gasteiger partial charge >= 0.3 is 11.9 Å². The van der Waals surface area contributed by atoms with Gasteiger partial charge in [-0.05, 0) is 57.3 Å². The van der Waals surface area contributed by atoms with Gasteiger partial charge in [-0.2, -0.15) is 0 Å². The molecule has 0 amide bonds. The molecular weight excluding hydrogens is 388 g/mol. The lowest BCUT2D eigenvalue weighted by Crippen LogP contribution is -2.34. The average molecular weight is 427 g/mol. The molecule has 0 aromatic carbocycles. The minimum absolute atomic E-state index is 0.0632. The van der Waals surface area contributed by atoms with Gasteiger partial charge in [-0.1, -0.05) is 12.8 Å². The molecule has 0 aromatic heterocycles. The third kappa shape index (κ3) is 8.34. The summed E-state index contributed by atoms with van der Waals surface area (Å²) >= 11 is 0. The normalized spacial score (nSPS) is 28.8. The number of aldehydes is 1. The Kier molecular flexibility index (Phi) is 10.8. The Hall–Kier alpha value is -1.47. The van der Waals surface area contributed by atoms with Gasteiger partial charge in [0.2, 0.25) is 0 Å². The van der Waals surface area contributed by atoms with Crippen molar-refractivity contribution in [3.05, 3.63) is 0 Å². The van der Waals surface area contributed by atoms with Crippen LogP contribution in [0, 0.1) is 5.92 Å². The van der Waals surface area contributed by atoms with E-state index in [9.17, 15) is 14.4 Å². The minimum Gasteiger partial charge on any atom is -0.469 e. The summed E-state index contributed by atoms with van der Waals surface area (Å²) in [5.74, 6) is -0.270. The summed E-state index contributed by atoms with van der Waals surface area (Å²) in [5.41, 5.74) is -0.541. The molecule has 1 aliphatic carbocycles. The van der Waals surface area contributed by atoms with Crippen LogP contribution >= 0.6 is 0 Å². The first-order valence-corrected chi connectivity index (χ1v) is 11.4. The number of hydrogen-bond acceptors (Lipinski definition) is 7. The van der Waals surface area contributed by atoms with Crippen LogP contribution in [0.3, 0.4) is 0 Å². The lowest BCUT2D eigenvalue weighted by atomic mass is 9.91. The summed E-state index contributed by atoms with van der Waals surface area (Å²) in [7, 11) is 1.41. The summed E-state index contributed by atoms with van der Waals surface area (Å²) in [6.45, 7) is 2.17. The Morgan fingerprint density at radius 1 is 1.13 bits per heavy atom. The maximum absolute atomic E-state index is 11.9. The number of esters is 2. The van der Waals surface area contributed by atoms with Crippen molar-refractivity contribution in [1.82, 2.24) is 0 Å². The van der Waals surface area contributed by atoms with Gasteiger partial charge in [0, 0.05) is 32.8 Å². The lowest BCUT2D eigenvalue weighted by Gasteiger charge is -2.30. The van der Waals surface area contributed by atoms with Gasteiger partial charge in [0.1, 0.15) is 11.9 Å². The maximum Gasteiger partial charge on any atom is 0.305 e. The van der Waals surface area contributed by atoms with E-state index in [2.05, 4.69) is 4.74 Å². The molecule has 0 radical (unpaired) electrons. The van der Waals surface area contributed by atoms with E-state index in [1.807, 2.05) is 0 Å². The fourth-order valence-corrected chi connectivity index (χ4v) is 4.78. The van der Waals surface area contributed by atoms with E-state index >= 15 is 0 Å². The van der Waals surface area contributed by atoms with Crippen LogP contribution in [0.4, 0.5) is 0 Å². The smallest absolute Gasteiger partial charge is 0.305 e. The predicted octanol–water partition coefficient (Wildman–Crippen LogP) is 4.10. The Bertz CT molecular complexity index is 544. The molecule has 0 aromatic rings. The van der Waals surface area contributed by atoms with Crippen LogP contribution < -0.4 is 0 Å². The fraction of sp³-hybridized carbons (Fsp3) is 0.870. The number of hydrogen-bond donors (Lipinski definition) is 0. The van der Waals surface area contributed by atoms with Crippen LogP contribution in [0.5, 0.6) is 0 Å². The summed E-state index contributed by atoms with van der Waals surface area (Å²) in [6, 6.07) is 0. The van der Waals surface area contributed by atoms with Crippen molar-refractivity contribution in [2.24, 2.45) is 5.92 Å². The summed E-state index contributed by atoms with van der Waals surface area (Å²) in [6.07, 6.45) is 11.2. The average Bonchev–Trinajstić information content (AvgIpc) is 3.05. The molecule has 4 atom stereocenters. The van der Waals surface area contributed by atoms with E-state index in [0.717, 1.165) is 77.1 Å². The molecule has 2 fully saturated rings. The van der Waals surface area contributed by atoms with Crippen molar-refractivity contribution in [2.45, 2.75) is 108 Å². The Morgan fingerprint density at radius 2 is 1.93 bits per heavy atom. The van der Waals surface area contributed by atoms with Gasteiger partial charge in [0.15, 0.2) is 6.29 Å². The van der Waals surface area contributed by atoms with Crippen LogP contribution in [0.2, 0.25) is 0 Å². The highest BCUT2D eigenvalue weighted by atomic mass is 16.7. The van der Waals surface area contributed by atoms with Gasteiger partial charge in [0.05, 0.1) is 13.2 Å². The standard InChI is InChI=1S/C23H38O7/c1-18(25)30-23(13-7-4-3-5-11-21(26)27-2)16-19(10-9-14-24)20(17-23)29-22-12-6-8-15-28-22/h14,19-20,22H,3-13,15-17H2,1-2H3. The zero-order valence-electron chi connectivity index (χ0n) is 18.6. The third-order valence-corrected chi connectivity index (χ3v) is 6.20. The molecule has 172 valence electrons. The van der Waals surface area contributed by atoms with Gasteiger partial charge in [-0.25, -0.2) is 0 Å². The van der Waals surface area contributed by atoms with Gasteiger partial charge < -0.3 is 23.7 Å². The molecule has 30 heavy (non-hydrogen) atoms. The Balaban J connectivity index is 1.92. The van der Waals surface area contributed by atoms with E-state index in [-0.39, 0.29) is 30.3 Å². The molecule has 1 saturated heterocycles. The molecule has 1 saturated carbocycles. The van der Waals surface area contributed by atoms with Crippen molar-refractivity contribution >= 4 is 18.2 Å². The number of carbonyl (C=O) groups is 3. The molecule has 0 bridgehead atoms. The van der Waals surface area contributed by atoms with E-state index in [0.29, 0.717) is 19.3 Å². The van der Waals surface area contributed by atoms with Crippen LogP contribution in [0.15, 0.2) is 0 Å².